The van der Waals surface area contributed by atoms with Crippen LogP contribution in [0.15, 0.2) is 60.9 Å². The molecule has 0 unspecified atom stereocenters. The van der Waals surface area contributed by atoms with Crippen molar-refractivity contribution in [1.29, 1.82) is 0 Å². The maximum atomic E-state index is 4.57. The Morgan fingerprint density at radius 2 is 1.40 bits per heavy atom. The average molecular weight is 403 g/mol. The molecule has 3 aromatic rings. The fourth-order valence-electron chi connectivity index (χ4n) is 4.54. The average Bonchev–Trinajstić information content (AvgIpc) is 2.67. The Morgan fingerprint density at radius 1 is 0.800 bits per heavy atom. The second-order valence-corrected chi connectivity index (χ2v) is 9.34. The summed E-state index contributed by atoms with van der Waals surface area (Å²) >= 11 is 0. The summed E-state index contributed by atoms with van der Waals surface area (Å²) < 4.78 is 0. The van der Waals surface area contributed by atoms with E-state index in [4.69, 9.17) is 0 Å². The van der Waals surface area contributed by atoms with E-state index in [1.54, 1.807) is 6.33 Å². The Hall–Kier alpha value is -2.99. The van der Waals surface area contributed by atoms with Crippen molar-refractivity contribution >= 4 is 17.6 Å². The lowest BCUT2D eigenvalue weighted by molar-refractivity contribution is 0.170. The van der Waals surface area contributed by atoms with Gasteiger partial charge < -0.3 is 16.0 Å². The first-order chi connectivity index (χ1) is 14.3. The Balaban J connectivity index is 1.44. The van der Waals surface area contributed by atoms with Gasteiger partial charge in [-0.1, -0.05) is 42.5 Å². The molecule has 2 aromatic carbocycles. The quantitative estimate of drug-likeness (QED) is 0.557. The van der Waals surface area contributed by atoms with Gasteiger partial charge in [0, 0.05) is 22.8 Å². The van der Waals surface area contributed by atoms with Crippen molar-refractivity contribution in [2.45, 2.75) is 57.7 Å². The minimum atomic E-state index is 0.0635. The van der Waals surface area contributed by atoms with Crippen LogP contribution in [-0.4, -0.2) is 32.1 Å². The number of rotatable bonds is 5. The first kappa shape index (κ1) is 20.3. The smallest absolute Gasteiger partial charge is 0.231 e. The van der Waals surface area contributed by atoms with Crippen LogP contribution in [0.2, 0.25) is 0 Å². The molecule has 156 valence electrons. The molecule has 1 fully saturated rings. The van der Waals surface area contributed by atoms with Gasteiger partial charge >= 0.3 is 0 Å². The van der Waals surface area contributed by atoms with Gasteiger partial charge in [0.25, 0.3) is 0 Å². The zero-order chi connectivity index (χ0) is 21.2. The van der Waals surface area contributed by atoms with Crippen molar-refractivity contribution in [3.8, 4) is 11.1 Å². The molecule has 0 radical (unpaired) electrons. The van der Waals surface area contributed by atoms with Crippen LogP contribution < -0.4 is 16.0 Å². The van der Waals surface area contributed by atoms with E-state index in [9.17, 15) is 0 Å². The van der Waals surface area contributed by atoms with Crippen LogP contribution in [0.4, 0.5) is 17.6 Å². The van der Waals surface area contributed by atoms with Crippen LogP contribution >= 0.6 is 0 Å². The van der Waals surface area contributed by atoms with E-state index >= 15 is 0 Å². The zero-order valence-corrected chi connectivity index (χ0v) is 18.1. The molecule has 2 heterocycles. The van der Waals surface area contributed by atoms with Gasteiger partial charge in [0.15, 0.2) is 0 Å². The monoisotopic (exact) mass is 402 g/mol. The standard InChI is InChI=1S/C24H30N6/c1-23(2)14-20(15-24(3,4)30-23)28-22-26-16-25-21(29-22)27-19-12-10-18(11-13-19)17-8-6-5-7-9-17/h5-13,16,20,30H,14-15H2,1-4H3,(H2,25,26,27,28,29). The fourth-order valence-corrected chi connectivity index (χ4v) is 4.54. The van der Waals surface area contributed by atoms with E-state index in [1.165, 1.54) is 11.1 Å². The molecular formula is C24H30N6. The number of hydrogen-bond acceptors (Lipinski definition) is 6. The molecule has 1 aromatic heterocycles. The molecule has 6 nitrogen and oxygen atoms in total. The second kappa shape index (κ2) is 8.03. The number of piperidine rings is 1. The van der Waals surface area contributed by atoms with Crippen molar-refractivity contribution in [3.05, 3.63) is 60.9 Å². The molecule has 1 aliphatic rings. The van der Waals surface area contributed by atoms with Crippen LogP contribution in [0.1, 0.15) is 40.5 Å². The van der Waals surface area contributed by atoms with E-state index < -0.39 is 0 Å². The summed E-state index contributed by atoms with van der Waals surface area (Å²) in [4.78, 5) is 13.2. The van der Waals surface area contributed by atoms with Gasteiger partial charge in [-0.15, -0.1) is 0 Å². The van der Waals surface area contributed by atoms with Gasteiger partial charge in [-0.3, -0.25) is 0 Å². The lowest BCUT2D eigenvalue weighted by atomic mass is 9.80. The van der Waals surface area contributed by atoms with Crippen LogP contribution in [-0.2, 0) is 0 Å². The molecular weight excluding hydrogens is 372 g/mol. The van der Waals surface area contributed by atoms with Gasteiger partial charge in [0.1, 0.15) is 6.33 Å². The summed E-state index contributed by atoms with van der Waals surface area (Å²) in [5.74, 6) is 1.14. The molecule has 0 atom stereocenters. The number of nitrogens with zero attached hydrogens (tertiary/aromatic N) is 3. The third-order valence-corrected chi connectivity index (χ3v) is 5.34. The van der Waals surface area contributed by atoms with Gasteiger partial charge in [-0.2, -0.15) is 4.98 Å². The predicted octanol–water partition coefficient (Wildman–Crippen LogP) is 5.00. The van der Waals surface area contributed by atoms with E-state index in [2.05, 4.69) is 82.9 Å². The third-order valence-electron chi connectivity index (χ3n) is 5.34. The fraction of sp³-hybridized carbons (Fsp3) is 0.375. The summed E-state index contributed by atoms with van der Waals surface area (Å²) in [7, 11) is 0. The molecule has 0 amide bonds. The van der Waals surface area contributed by atoms with Crippen LogP contribution in [0.5, 0.6) is 0 Å². The summed E-state index contributed by atoms with van der Waals surface area (Å²) in [5.41, 5.74) is 3.44. The van der Waals surface area contributed by atoms with Gasteiger partial charge in [0.2, 0.25) is 11.9 Å². The van der Waals surface area contributed by atoms with E-state index in [-0.39, 0.29) is 11.1 Å². The zero-order valence-electron chi connectivity index (χ0n) is 18.1. The molecule has 0 saturated carbocycles. The molecule has 6 heteroatoms. The van der Waals surface area contributed by atoms with Crippen LogP contribution in [0, 0.1) is 0 Å². The first-order valence-electron chi connectivity index (χ1n) is 10.5. The summed E-state index contributed by atoms with van der Waals surface area (Å²) in [6.45, 7) is 8.95. The number of benzene rings is 2. The Kier molecular flexibility index (Phi) is 5.43. The second-order valence-electron chi connectivity index (χ2n) is 9.34. The molecule has 0 spiro atoms. The highest BCUT2D eigenvalue weighted by molar-refractivity contribution is 5.67. The predicted molar refractivity (Wildman–Crippen MR) is 123 cm³/mol. The van der Waals surface area contributed by atoms with Crippen molar-refractivity contribution in [1.82, 2.24) is 20.3 Å². The highest BCUT2D eigenvalue weighted by Gasteiger charge is 2.37. The summed E-state index contributed by atoms with van der Waals surface area (Å²) in [6, 6.07) is 18.9. The summed E-state index contributed by atoms with van der Waals surface area (Å²) in [5, 5.41) is 10.5. The third kappa shape index (κ3) is 5.13. The molecule has 1 aliphatic heterocycles. The first-order valence-corrected chi connectivity index (χ1v) is 10.5. The molecule has 30 heavy (non-hydrogen) atoms. The number of aromatic nitrogens is 3. The number of hydrogen-bond donors (Lipinski definition) is 3. The largest absolute Gasteiger partial charge is 0.351 e. The Bertz CT molecular complexity index is 966. The van der Waals surface area contributed by atoms with Gasteiger partial charge in [0.05, 0.1) is 0 Å². The van der Waals surface area contributed by atoms with E-state index in [0.717, 1.165) is 18.5 Å². The highest BCUT2D eigenvalue weighted by atomic mass is 15.2. The van der Waals surface area contributed by atoms with Crippen molar-refractivity contribution < 1.29 is 0 Å². The topological polar surface area (TPSA) is 74.8 Å². The molecule has 0 bridgehead atoms. The van der Waals surface area contributed by atoms with Crippen molar-refractivity contribution in [3.63, 3.8) is 0 Å². The normalized spacial score (nSPS) is 18.0. The van der Waals surface area contributed by atoms with Gasteiger partial charge in [-0.25, -0.2) is 9.97 Å². The lowest BCUT2D eigenvalue weighted by Crippen LogP contribution is -2.60. The molecule has 4 rings (SSSR count). The highest BCUT2D eigenvalue weighted by Crippen LogP contribution is 2.30. The minimum Gasteiger partial charge on any atom is -0.351 e. The van der Waals surface area contributed by atoms with Crippen LogP contribution in [0.25, 0.3) is 11.1 Å². The minimum absolute atomic E-state index is 0.0635. The Morgan fingerprint density at radius 3 is 2.07 bits per heavy atom. The number of anilines is 3. The van der Waals surface area contributed by atoms with E-state index in [1.807, 2.05) is 30.3 Å². The molecule has 1 saturated heterocycles. The SMILES string of the molecule is CC1(C)CC(Nc2ncnc(Nc3ccc(-c4ccccc4)cc3)n2)CC(C)(C)N1. The number of nitrogens with one attached hydrogen (secondary N) is 3. The van der Waals surface area contributed by atoms with Crippen LogP contribution in [0.3, 0.4) is 0 Å². The van der Waals surface area contributed by atoms with E-state index in [0.29, 0.717) is 17.9 Å². The maximum Gasteiger partial charge on any atom is 0.231 e. The Labute approximate surface area is 178 Å². The molecule has 3 N–H and O–H groups in total. The summed E-state index contributed by atoms with van der Waals surface area (Å²) in [6.07, 6.45) is 3.56. The molecule has 0 aliphatic carbocycles. The lowest BCUT2D eigenvalue weighted by Gasteiger charge is -2.46. The maximum absolute atomic E-state index is 4.57. The van der Waals surface area contributed by atoms with Crippen molar-refractivity contribution in [2.75, 3.05) is 10.6 Å². The van der Waals surface area contributed by atoms with Crippen molar-refractivity contribution in [2.24, 2.45) is 0 Å². The van der Waals surface area contributed by atoms with Gasteiger partial charge in [-0.05, 0) is 63.8 Å².